The van der Waals surface area contributed by atoms with Gasteiger partial charge in [-0.2, -0.15) is 13.2 Å². The fourth-order valence-electron chi connectivity index (χ4n) is 3.17. The minimum absolute atomic E-state index is 0.0715. The van der Waals surface area contributed by atoms with Crippen LogP contribution in [0.4, 0.5) is 13.2 Å². The van der Waals surface area contributed by atoms with Gasteiger partial charge < -0.3 is 5.73 Å². The lowest BCUT2D eigenvalue weighted by Crippen LogP contribution is -2.49. The summed E-state index contributed by atoms with van der Waals surface area (Å²) in [6.07, 6.45) is -0.930. The van der Waals surface area contributed by atoms with E-state index in [4.69, 9.17) is 5.73 Å². The number of nitrogens with two attached hydrogens (primary N) is 1. The number of hydrogen-bond acceptors (Lipinski definition) is 2. The lowest BCUT2D eigenvalue weighted by Gasteiger charge is -2.42. The van der Waals surface area contributed by atoms with Crippen LogP contribution in [0.15, 0.2) is 24.3 Å². The molecule has 0 radical (unpaired) electrons. The highest BCUT2D eigenvalue weighted by atomic mass is 19.4. The molecule has 1 aliphatic rings. The molecule has 2 rings (SSSR count). The molecule has 2 N–H and O–H groups in total. The number of hydrogen-bond donors (Lipinski definition) is 1. The van der Waals surface area contributed by atoms with E-state index < -0.39 is 11.7 Å². The molecule has 0 aromatic heterocycles. The molecule has 1 saturated heterocycles. The van der Waals surface area contributed by atoms with E-state index in [1.54, 1.807) is 12.1 Å². The summed E-state index contributed by atoms with van der Waals surface area (Å²) in [6.45, 7) is 5.00. The summed E-state index contributed by atoms with van der Waals surface area (Å²) in [6, 6.07) is 5.95. The largest absolute Gasteiger partial charge is 0.416 e. The molecule has 0 saturated carbocycles. The maximum atomic E-state index is 12.6. The fourth-order valence-corrected chi connectivity index (χ4v) is 3.17. The summed E-state index contributed by atoms with van der Waals surface area (Å²) >= 11 is 0. The van der Waals surface area contributed by atoms with Crippen molar-refractivity contribution in [2.45, 2.75) is 57.4 Å². The van der Waals surface area contributed by atoms with Gasteiger partial charge in [-0.25, -0.2) is 0 Å². The molecule has 3 unspecified atom stereocenters. The van der Waals surface area contributed by atoms with Crippen LogP contribution < -0.4 is 5.73 Å². The average Bonchev–Trinajstić information content (AvgIpc) is 2.45. The third kappa shape index (κ3) is 3.77. The monoisotopic (exact) mass is 300 g/mol. The summed E-state index contributed by atoms with van der Waals surface area (Å²) in [5, 5.41) is 0. The van der Waals surface area contributed by atoms with Gasteiger partial charge in [0.2, 0.25) is 0 Å². The van der Waals surface area contributed by atoms with Crippen LogP contribution in [0, 0.1) is 0 Å². The van der Waals surface area contributed by atoms with Gasteiger partial charge in [-0.15, -0.1) is 0 Å². The van der Waals surface area contributed by atoms with E-state index in [1.807, 2.05) is 13.8 Å². The van der Waals surface area contributed by atoms with Crippen LogP contribution in [0.3, 0.4) is 0 Å². The van der Waals surface area contributed by atoms with E-state index in [2.05, 4.69) is 4.90 Å². The van der Waals surface area contributed by atoms with Gasteiger partial charge in [0, 0.05) is 18.1 Å². The first kappa shape index (κ1) is 16.3. The molecule has 3 atom stereocenters. The lowest BCUT2D eigenvalue weighted by atomic mass is 9.93. The molecule has 1 aliphatic heterocycles. The predicted octanol–water partition coefficient (Wildman–Crippen LogP) is 3.97. The molecule has 1 aromatic rings. The third-order valence-corrected chi connectivity index (χ3v) is 4.42. The number of benzene rings is 1. The van der Waals surface area contributed by atoms with Gasteiger partial charge >= 0.3 is 6.18 Å². The van der Waals surface area contributed by atoms with Crippen LogP contribution in [-0.4, -0.2) is 23.5 Å². The highest BCUT2D eigenvalue weighted by Crippen LogP contribution is 2.33. The van der Waals surface area contributed by atoms with Crippen LogP contribution >= 0.6 is 0 Å². The second-order valence-electron chi connectivity index (χ2n) is 5.96. The summed E-state index contributed by atoms with van der Waals surface area (Å²) in [4.78, 5) is 2.33. The molecule has 0 spiro atoms. The Morgan fingerprint density at radius 2 is 1.76 bits per heavy atom. The summed E-state index contributed by atoms with van der Waals surface area (Å²) in [7, 11) is 0. The first-order valence-electron chi connectivity index (χ1n) is 7.49. The molecule has 1 heterocycles. The molecule has 118 valence electrons. The second-order valence-corrected chi connectivity index (χ2v) is 5.96. The summed E-state index contributed by atoms with van der Waals surface area (Å²) < 4.78 is 37.8. The number of alkyl halides is 3. The summed E-state index contributed by atoms with van der Waals surface area (Å²) in [5.41, 5.74) is 6.38. The quantitative estimate of drug-likeness (QED) is 0.915. The zero-order valence-electron chi connectivity index (χ0n) is 12.5. The van der Waals surface area contributed by atoms with Crippen molar-refractivity contribution in [3.63, 3.8) is 0 Å². The van der Waals surface area contributed by atoms with E-state index in [-0.39, 0.29) is 12.1 Å². The maximum absolute atomic E-state index is 12.6. The first-order chi connectivity index (χ1) is 9.80. The van der Waals surface area contributed by atoms with Gasteiger partial charge in [-0.1, -0.05) is 18.6 Å². The normalized spacial score (nSPS) is 23.8. The van der Waals surface area contributed by atoms with Crippen LogP contribution in [0.25, 0.3) is 0 Å². The molecule has 5 heteroatoms. The first-order valence-corrected chi connectivity index (χ1v) is 7.49. The van der Waals surface area contributed by atoms with Gasteiger partial charge in [0.1, 0.15) is 0 Å². The van der Waals surface area contributed by atoms with Gasteiger partial charge in [0.05, 0.1) is 5.56 Å². The van der Waals surface area contributed by atoms with Gasteiger partial charge in [0.25, 0.3) is 0 Å². The SMILES string of the molecule is CC(N)C1CCCCN1C(C)c1ccc(C(F)(F)F)cc1. The molecular formula is C16H23F3N2. The fraction of sp³-hybridized carbons (Fsp3) is 0.625. The van der Waals surface area contributed by atoms with Crippen molar-refractivity contribution in [3.8, 4) is 0 Å². The minimum Gasteiger partial charge on any atom is -0.327 e. The highest BCUT2D eigenvalue weighted by molar-refractivity contribution is 5.26. The van der Waals surface area contributed by atoms with Gasteiger partial charge in [0.15, 0.2) is 0 Å². The van der Waals surface area contributed by atoms with Crippen molar-refractivity contribution in [1.29, 1.82) is 0 Å². The topological polar surface area (TPSA) is 29.3 Å². The summed E-state index contributed by atoms with van der Waals surface area (Å²) in [5.74, 6) is 0. The zero-order valence-corrected chi connectivity index (χ0v) is 12.5. The van der Waals surface area contributed by atoms with Crippen LogP contribution in [0.5, 0.6) is 0 Å². The Bertz CT molecular complexity index is 454. The van der Waals surface area contributed by atoms with Gasteiger partial charge in [-0.3, -0.25) is 4.90 Å². The van der Waals surface area contributed by atoms with Gasteiger partial charge in [-0.05, 0) is 50.9 Å². The van der Waals surface area contributed by atoms with Crippen molar-refractivity contribution >= 4 is 0 Å². The maximum Gasteiger partial charge on any atom is 0.416 e. The zero-order chi connectivity index (χ0) is 15.6. The second kappa shape index (κ2) is 6.36. The molecule has 2 nitrogen and oxygen atoms in total. The Hall–Kier alpha value is -1.07. The minimum atomic E-state index is -4.28. The highest BCUT2D eigenvalue weighted by Gasteiger charge is 2.32. The molecule has 0 amide bonds. The number of likely N-dealkylation sites (tertiary alicyclic amines) is 1. The molecule has 0 bridgehead atoms. The molecular weight excluding hydrogens is 277 g/mol. The van der Waals surface area contributed by atoms with E-state index in [1.165, 1.54) is 6.42 Å². The van der Waals surface area contributed by atoms with Crippen molar-refractivity contribution in [1.82, 2.24) is 4.90 Å². The standard InChI is InChI=1S/C16H23F3N2/c1-11(20)15-5-3-4-10-21(15)12(2)13-6-8-14(9-7-13)16(17,18)19/h6-9,11-12,15H,3-5,10,20H2,1-2H3. The van der Waals surface area contributed by atoms with E-state index in [0.717, 1.165) is 37.1 Å². The molecule has 21 heavy (non-hydrogen) atoms. The third-order valence-electron chi connectivity index (χ3n) is 4.42. The van der Waals surface area contributed by atoms with Crippen molar-refractivity contribution in [2.75, 3.05) is 6.54 Å². The smallest absolute Gasteiger partial charge is 0.327 e. The van der Waals surface area contributed by atoms with Crippen molar-refractivity contribution in [2.24, 2.45) is 5.73 Å². The predicted molar refractivity (Wildman–Crippen MR) is 77.9 cm³/mol. The van der Waals surface area contributed by atoms with E-state index >= 15 is 0 Å². The molecule has 1 fully saturated rings. The van der Waals surface area contributed by atoms with Crippen LogP contribution in [0.2, 0.25) is 0 Å². The Kier molecular flexibility index (Phi) is 4.94. The number of rotatable bonds is 3. The van der Waals surface area contributed by atoms with Crippen LogP contribution in [-0.2, 0) is 6.18 Å². The Balaban J connectivity index is 2.16. The Morgan fingerprint density at radius 1 is 1.14 bits per heavy atom. The molecule has 0 aliphatic carbocycles. The number of piperidine rings is 1. The number of halogens is 3. The average molecular weight is 300 g/mol. The number of nitrogens with zero attached hydrogens (tertiary/aromatic N) is 1. The Morgan fingerprint density at radius 3 is 2.29 bits per heavy atom. The lowest BCUT2D eigenvalue weighted by molar-refractivity contribution is -0.137. The van der Waals surface area contributed by atoms with E-state index in [9.17, 15) is 13.2 Å². The molecule has 1 aromatic carbocycles. The van der Waals surface area contributed by atoms with Crippen LogP contribution in [0.1, 0.15) is 50.3 Å². The van der Waals surface area contributed by atoms with Crippen molar-refractivity contribution in [3.05, 3.63) is 35.4 Å². The van der Waals surface area contributed by atoms with E-state index in [0.29, 0.717) is 6.04 Å². The Labute approximate surface area is 124 Å². The van der Waals surface area contributed by atoms with Crippen molar-refractivity contribution < 1.29 is 13.2 Å².